The first-order valence-electron chi connectivity index (χ1n) is 49.3. The molecule has 112 heavy (non-hydrogen) atoms. The topological polar surface area (TPSA) is 161 Å². The average Bonchev–Trinajstić information content (AvgIpc) is 0.840. The van der Waals surface area contributed by atoms with E-state index in [0.717, 1.165) is 126 Å². The van der Waals surface area contributed by atoms with Crippen molar-refractivity contribution in [2.45, 2.75) is 519 Å². The van der Waals surface area contributed by atoms with E-state index in [1.54, 1.807) is 0 Å². The summed E-state index contributed by atoms with van der Waals surface area (Å²) in [6.45, 7) is 20.9. The quantitative estimate of drug-likeness (QED) is 0.0349. The second-order valence-corrected chi connectivity index (χ2v) is 37.8. The van der Waals surface area contributed by atoms with E-state index in [9.17, 15) is 29.1 Å². The van der Waals surface area contributed by atoms with E-state index in [1.165, 1.54) is 289 Å². The molecular formula is C100H192O12. The zero-order valence-electron chi connectivity index (χ0n) is 76.5. The molecule has 0 aliphatic rings. The zero-order chi connectivity index (χ0) is 82.2. The number of esters is 5. The Morgan fingerprint density at radius 2 is 0.312 bits per heavy atom. The van der Waals surface area contributed by atoms with Crippen molar-refractivity contribution in [2.24, 2.45) is 40.4 Å². The highest BCUT2D eigenvalue weighted by molar-refractivity contribution is 5.71. The predicted octanol–water partition coefficient (Wildman–Crippen LogP) is 30.3. The molecule has 0 fully saturated rings. The molecule has 12 heteroatoms. The number of aliphatic hydroxyl groups is 1. The minimum atomic E-state index is -1.35. The maximum Gasteiger partial charge on any atom is 0.305 e. The summed E-state index contributed by atoms with van der Waals surface area (Å²) in [5.41, 5.74) is -2.68. The van der Waals surface area contributed by atoms with Gasteiger partial charge in [-0.25, -0.2) is 0 Å². The molecule has 664 valence electrons. The number of rotatable bonds is 90. The van der Waals surface area contributed by atoms with E-state index in [0.29, 0.717) is 32.1 Å². The molecule has 0 saturated heterocycles. The molecule has 0 radical (unpaired) electrons. The first-order chi connectivity index (χ1) is 54.3. The third-order valence-corrected chi connectivity index (χ3v) is 23.4. The standard InChI is InChI=1S/C100H192O12/c1-89(2)71-61-51-41-31-21-11-16-26-36-46-56-66-76-94(102)108-84-99(81-101,85-109-95(103)77-67-57-47-37-27-17-12-22-32-42-52-62-72-90(3)4)82-107-83-100(86-110-96(104)78-68-58-48-38-28-18-13-23-33-43-53-63-73-91(5)6,87-111-97(105)79-69-59-49-39-29-19-14-24-34-44-54-64-74-92(7)8)88-112-98(106)80-70-60-50-40-30-20-15-25-35-45-55-65-75-93(9)10/h89-93,101H,11-88H2,1-10H3. The Morgan fingerprint density at radius 3 is 0.455 bits per heavy atom. The van der Waals surface area contributed by atoms with Gasteiger partial charge in [-0.2, -0.15) is 0 Å². The second-order valence-electron chi connectivity index (χ2n) is 37.8. The van der Waals surface area contributed by atoms with Crippen LogP contribution in [0, 0.1) is 40.4 Å². The summed E-state index contributed by atoms with van der Waals surface area (Å²) in [4.78, 5) is 68.8. The minimum Gasteiger partial charge on any atom is -0.465 e. The van der Waals surface area contributed by atoms with E-state index in [2.05, 4.69) is 69.2 Å². The fourth-order valence-electron chi connectivity index (χ4n) is 15.5. The predicted molar refractivity (Wildman–Crippen MR) is 475 cm³/mol. The van der Waals surface area contributed by atoms with Gasteiger partial charge in [0.05, 0.1) is 30.7 Å². The highest BCUT2D eigenvalue weighted by atomic mass is 16.6. The summed E-state index contributed by atoms with van der Waals surface area (Å²) in [7, 11) is 0. The van der Waals surface area contributed by atoms with Crippen LogP contribution in [0.15, 0.2) is 0 Å². The fourth-order valence-corrected chi connectivity index (χ4v) is 15.5. The van der Waals surface area contributed by atoms with Gasteiger partial charge in [0, 0.05) is 32.1 Å². The third kappa shape index (κ3) is 79.7. The Hall–Kier alpha value is -2.73. The van der Waals surface area contributed by atoms with Crippen LogP contribution in [0.25, 0.3) is 0 Å². The van der Waals surface area contributed by atoms with E-state index in [1.807, 2.05) is 0 Å². The lowest BCUT2D eigenvalue weighted by Crippen LogP contribution is -2.46. The van der Waals surface area contributed by atoms with Gasteiger partial charge in [0.2, 0.25) is 0 Å². The summed E-state index contributed by atoms with van der Waals surface area (Å²) in [6, 6.07) is 0. The van der Waals surface area contributed by atoms with Crippen molar-refractivity contribution in [3.05, 3.63) is 0 Å². The van der Waals surface area contributed by atoms with Crippen molar-refractivity contribution in [3.63, 3.8) is 0 Å². The molecular weight excluding hydrogens is 1390 g/mol. The van der Waals surface area contributed by atoms with Crippen LogP contribution in [-0.4, -0.2) is 87.8 Å². The Kier molecular flexibility index (Phi) is 80.0. The highest BCUT2D eigenvalue weighted by Crippen LogP contribution is 2.29. The number of ether oxygens (including phenoxy) is 6. The van der Waals surface area contributed by atoms with Crippen LogP contribution in [0.5, 0.6) is 0 Å². The van der Waals surface area contributed by atoms with E-state index >= 15 is 0 Å². The largest absolute Gasteiger partial charge is 0.465 e. The number of hydrogen-bond acceptors (Lipinski definition) is 12. The Morgan fingerprint density at radius 1 is 0.188 bits per heavy atom. The summed E-state index contributed by atoms with van der Waals surface area (Å²) in [5.74, 6) is 2.05. The molecule has 0 aliphatic heterocycles. The van der Waals surface area contributed by atoms with Crippen molar-refractivity contribution >= 4 is 29.8 Å². The van der Waals surface area contributed by atoms with Gasteiger partial charge in [-0.3, -0.25) is 24.0 Å². The van der Waals surface area contributed by atoms with Gasteiger partial charge in [0.1, 0.15) is 33.0 Å². The summed E-state index contributed by atoms with van der Waals surface area (Å²) < 4.78 is 37.1. The van der Waals surface area contributed by atoms with Crippen LogP contribution in [0.3, 0.4) is 0 Å². The molecule has 0 unspecified atom stereocenters. The highest BCUT2D eigenvalue weighted by Gasteiger charge is 2.40. The molecule has 12 nitrogen and oxygen atoms in total. The smallest absolute Gasteiger partial charge is 0.305 e. The van der Waals surface area contributed by atoms with Crippen LogP contribution in [-0.2, 0) is 52.4 Å². The molecule has 0 aromatic rings. The molecule has 0 rings (SSSR count). The SMILES string of the molecule is CC(C)CCCCCCCCCCCCCCC(=O)OCC(CO)(COCC(COC(=O)CCCCCCCCCCCCCCC(C)C)(COC(=O)CCCCCCCCCCCCCCC(C)C)COC(=O)CCCCCCCCCCCCCCC(C)C)COC(=O)CCCCCCCCCCCCCCC(C)C. The molecule has 0 atom stereocenters. The maximum atomic E-state index is 13.9. The maximum absolute atomic E-state index is 13.9. The van der Waals surface area contributed by atoms with Crippen molar-refractivity contribution in [1.29, 1.82) is 0 Å². The summed E-state index contributed by atoms with van der Waals surface area (Å²) in [5, 5.41) is 11.4. The molecule has 1 N–H and O–H groups in total. The molecule has 0 aromatic carbocycles. The Labute approximate surface area is 695 Å². The molecule has 0 spiro atoms. The van der Waals surface area contributed by atoms with Crippen molar-refractivity contribution in [3.8, 4) is 0 Å². The van der Waals surface area contributed by atoms with Gasteiger partial charge in [-0.1, -0.05) is 454 Å². The summed E-state index contributed by atoms with van der Waals surface area (Å²) in [6.07, 6.45) is 78.9. The Bertz CT molecular complexity index is 1860. The van der Waals surface area contributed by atoms with Crippen molar-refractivity contribution in [1.82, 2.24) is 0 Å². The molecule has 0 saturated carbocycles. The Balaban J connectivity index is 6.46. The van der Waals surface area contributed by atoms with Gasteiger partial charge < -0.3 is 33.5 Å². The zero-order valence-corrected chi connectivity index (χ0v) is 76.5. The third-order valence-electron chi connectivity index (χ3n) is 23.4. The van der Waals surface area contributed by atoms with Crippen LogP contribution in [0.2, 0.25) is 0 Å². The van der Waals surface area contributed by atoms with E-state index < -0.39 is 17.4 Å². The number of hydrogen-bond donors (Lipinski definition) is 1. The van der Waals surface area contributed by atoms with Crippen LogP contribution in [0.4, 0.5) is 0 Å². The number of unbranched alkanes of at least 4 members (excludes halogenated alkanes) is 55. The lowest BCUT2D eigenvalue weighted by atomic mass is 9.90. The first-order valence-corrected chi connectivity index (χ1v) is 49.3. The minimum absolute atomic E-state index is 0.199. The number of carbonyl (C=O) groups is 5. The fraction of sp³-hybridized carbons (Fsp3) is 0.950. The van der Waals surface area contributed by atoms with E-state index in [-0.39, 0.29) is 108 Å². The van der Waals surface area contributed by atoms with Crippen LogP contribution >= 0.6 is 0 Å². The van der Waals surface area contributed by atoms with Crippen LogP contribution < -0.4 is 0 Å². The second kappa shape index (κ2) is 82.0. The van der Waals surface area contributed by atoms with Gasteiger partial charge >= 0.3 is 29.8 Å². The molecule has 0 bridgehead atoms. The van der Waals surface area contributed by atoms with Gasteiger partial charge in [-0.05, 0) is 61.7 Å². The lowest BCUT2D eigenvalue weighted by Gasteiger charge is -2.35. The van der Waals surface area contributed by atoms with Gasteiger partial charge in [0.25, 0.3) is 0 Å². The van der Waals surface area contributed by atoms with Crippen LogP contribution in [0.1, 0.15) is 519 Å². The number of carbonyl (C=O) groups excluding carboxylic acids is 5. The van der Waals surface area contributed by atoms with Gasteiger partial charge in [0.15, 0.2) is 0 Å². The monoisotopic (exact) mass is 1590 g/mol. The molecule has 0 amide bonds. The lowest BCUT2D eigenvalue weighted by molar-refractivity contribution is -0.172. The van der Waals surface area contributed by atoms with Gasteiger partial charge in [-0.15, -0.1) is 0 Å². The molecule has 0 aromatic heterocycles. The van der Waals surface area contributed by atoms with Crippen molar-refractivity contribution < 1.29 is 57.5 Å². The summed E-state index contributed by atoms with van der Waals surface area (Å²) >= 11 is 0. The van der Waals surface area contributed by atoms with Crippen molar-refractivity contribution in [2.75, 3.05) is 52.9 Å². The van der Waals surface area contributed by atoms with E-state index in [4.69, 9.17) is 28.4 Å². The first kappa shape index (κ1) is 109. The number of aliphatic hydroxyl groups excluding tert-OH is 1. The normalized spacial score (nSPS) is 12.1. The molecule has 0 aliphatic carbocycles. The molecule has 0 heterocycles. The average molecular weight is 1590 g/mol.